The van der Waals surface area contributed by atoms with Crippen LogP contribution in [0.3, 0.4) is 0 Å². The Morgan fingerprint density at radius 1 is 1.11 bits per heavy atom. The smallest absolute Gasteiger partial charge is 0.407 e. The van der Waals surface area contributed by atoms with E-state index in [4.69, 9.17) is 14.2 Å². The fourth-order valence-electron chi connectivity index (χ4n) is 4.40. The highest BCUT2D eigenvalue weighted by Crippen LogP contribution is 2.34. The average Bonchev–Trinajstić information content (AvgIpc) is 3.59. The second-order valence-corrected chi connectivity index (χ2v) is 13.1. The van der Waals surface area contributed by atoms with Gasteiger partial charge in [0.15, 0.2) is 0 Å². The Labute approximate surface area is 228 Å². The maximum Gasteiger partial charge on any atom is 0.407 e. The number of rotatable bonds is 13. The summed E-state index contributed by atoms with van der Waals surface area (Å²) < 4.78 is 16.9. The van der Waals surface area contributed by atoms with Crippen molar-refractivity contribution in [2.75, 3.05) is 13.2 Å². The SMILES string of the molecule is CC(C[C@H](O)[C@H](C[C@H](Cc1ccc(C(C)(C)C)c(OC[C@H]2CO2)c1)C(C)C)NC(=O)OC(C)(C)C)C(=O)O. The number of carbonyl (C=O) groups is 2. The van der Waals surface area contributed by atoms with Crippen LogP contribution in [0.4, 0.5) is 4.79 Å². The second kappa shape index (κ2) is 13.2. The molecule has 1 aromatic carbocycles. The summed E-state index contributed by atoms with van der Waals surface area (Å²) in [4.78, 5) is 24.0. The van der Waals surface area contributed by atoms with Crippen LogP contribution in [0.5, 0.6) is 5.75 Å². The molecule has 1 aliphatic heterocycles. The largest absolute Gasteiger partial charge is 0.490 e. The first-order chi connectivity index (χ1) is 17.5. The molecule has 1 saturated heterocycles. The van der Waals surface area contributed by atoms with E-state index in [-0.39, 0.29) is 29.8 Å². The van der Waals surface area contributed by atoms with E-state index in [1.54, 1.807) is 27.7 Å². The number of carboxylic acid groups (broad SMARTS) is 1. The lowest BCUT2D eigenvalue weighted by Crippen LogP contribution is -2.47. The lowest BCUT2D eigenvalue weighted by molar-refractivity contribution is -0.142. The van der Waals surface area contributed by atoms with Gasteiger partial charge < -0.3 is 29.7 Å². The van der Waals surface area contributed by atoms with Gasteiger partial charge in [-0.05, 0) is 74.5 Å². The van der Waals surface area contributed by atoms with Crippen LogP contribution in [0.25, 0.3) is 0 Å². The molecule has 2 rings (SSSR count). The molecule has 0 aromatic heterocycles. The van der Waals surface area contributed by atoms with E-state index in [1.807, 2.05) is 0 Å². The Morgan fingerprint density at radius 3 is 2.24 bits per heavy atom. The lowest BCUT2D eigenvalue weighted by Gasteiger charge is -2.32. The molecule has 1 aromatic rings. The number of aliphatic hydroxyl groups is 1. The molecule has 5 atom stereocenters. The zero-order chi connectivity index (χ0) is 28.8. The van der Waals surface area contributed by atoms with E-state index in [1.165, 1.54) is 0 Å². The maximum absolute atomic E-state index is 12.6. The molecule has 8 nitrogen and oxygen atoms in total. The van der Waals surface area contributed by atoms with Crippen LogP contribution >= 0.6 is 0 Å². The highest BCUT2D eigenvalue weighted by atomic mass is 16.6. The monoisotopic (exact) mass is 535 g/mol. The number of nitrogens with one attached hydrogen (secondary N) is 1. The summed E-state index contributed by atoms with van der Waals surface area (Å²) in [7, 11) is 0. The summed E-state index contributed by atoms with van der Waals surface area (Å²) in [6, 6.07) is 5.68. The van der Waals surface area contributed by atoms with E-state index in [0.29, 0.717) is 19.4 Å². The molecule has 1 amide bonds. The molecule has 1 unspecified atom stereocenters. The van der Waals surface area contributed by atoms with Gasteiger partial charge in [0.25, 0.3) is 0 Å². The molecule has 1 heterocycles. The number of aliphatic hydroxyl groups excluding tert-OH is 1. The third kappa shape index (κ3) is 10.8. The van der Waals surface area contributed by atoms with Gasteiger partial charge in [-0.15, -0.1) is 0 Å². The van der Waals surface area contributed by atoms with Gasteiger partial charge >= 0.3 is 12.1 Å². The van der Waals surface area contributed by atoms with Crippen molar-refractivity contribution in [1.82, 2.24) is 5.32 Å². The summed E-state index contributed by atoms with van der Waals surface area (Å²) >= 11 is 0. The van der Waals surface area contributed by atoms with Gasteiger partial charge in [-0.2, -0.15) is 0 Å². The van der Waals surface area contributed by atoms with Crippen molar-refractivity contribution in [2.45, 2.75) is 111 Å². The highest BCUT2D eigenvalue weighted by molar-refractivity contribution is 5.70. The van der Waals surface area contributed by atoms with Crippen LogP contribution in [0, 0.1) is 17.8 Å². The molecule has 216 valence electrons. The van der Waals surface area contributed by atoms with Crippen LogP contribution < -0.4 is 10.1 Å². The number of aliphatic carboxylic acids is 1. The molecule has 0 radical (unpaired) electrons. The Hall–Kier alpha value is -2.32. The molecule has 1 fully saturated rings. The van der Waals surface area contributed by atoms with E-state index >= 15 is 0 Å². The molecule has 0 spiro atoms. The molecule has 1 aliphatic rings. The maximum atomic E-state index is 12.6. The molecule has 0 aliphatic carbocycles. The number of hydrogen-bond donors (Lipinski definition) is 3. The molecular weight excluding hydrogens is 486 g/mol. The van der Waals surface area contributed by atoms with Gasteiger partial charge in [0.2, 0.25) is 0 Å². The van der Waals surface area contributed by atoms with Crippen LogP contribution in [0.1, 0.15) is 86.3 Å². The second-order valence-electron chi connectivity index (χ2n) is 13.1. The summed E-state index contributed by atoms with van der Waals surface area (Å²) in [6.45, 7) is 18.8. The van der Waals surface area contributed by atoms with Crippen LogP contribution in [0.15, 0.2) is 18.2 Å². The third-order valence-corrected chi connectivity index (χ3v) is 6.86. The van der Waals surface area contributed by atoms with Crippen molar-refractivity contribution in [3.8, 4) is 5.75 Å². The number of ether oxygens (including phenoxy) is 3. The summed E-state index contributed by atoms with van der Waals surface area (Å²) in [5.74, 6) is -0.529. The van der Waals surface area contributed by atoms with Gasteiger partial charge in [0.05, 0.1) is 24.7 Å². The van der Waals surface area contributed by atoms with Crippen LogP contribution in [-0.2, 0) is 26.1 Å². The topological polar surface area (TPSA) is 118 Å². The summed E-state index contributed by atoms with van der Waals surface area (Å²) in [5, 5.41) is 23.2. The van der Waals surface area contributed by atoms with E-state index in [9.17, 15) is 19.8 Å². The molecule has 3 N–H and O–H groups in total. The van der Waals surface area contributed by atoms with E-state index in [0.717, 1.165) is 23.5 Å². The zero-order valence-corrected chi connectivity index (χ0v) is 24.7. The fourth-order valence-corrected chi connectivity index (χ4v) is 4.40. The number of carboxylic acids is 1. The van der Waals surface area contributed by atoms with Crippen molar-refractivity contribution in [3.05, 3.63) is 29.3 Å². The van der Waals surface area contributed by atoms with Crippen molar-refractivity contribution in [3.63, 3.8) is 0 Å². The number of alkyl carbamates (subject to hydrolysis) is 1. The van der Waals surface area contributed by atoms with Crippen molar-refractivity contribution < 1.29 is 34.0 Å². The van der Waals surface area contributed by atoms with Gasteiger partial charge in [-0.25, -0.2) is 4.79 Å². The van der Waals surface area contributed by atoms with Crippen molar-refractivity contribution >= 4 is 12.1 Å². The first-order valence-corrected chi connectivity index (χ1v) is 13.7. The molecule has 0 bridgehead atoms. The minimum absolute atomic E-state index is 0.0299. The molecule has 8 heteroatoms. The Morgan fingerprint density at radius 2 is 1.74 bits per heavy atom. The normalized spacial score (nSPS) is 18.9. The van der Waals surface area contributed by atoms with Gasteiger partial charge in [0, 0.05) is 0 Å². The molecule has 0 saturated carbocycles. The van der Waals surface area contributed by atoms with Crippen LogP contribution in [-0.4, -0.2) is 59.3 Å². The van der Waals surface area contributed by atoms with Crippen LogP contribution in [0.2, 0.25) is 0 Å². The third-order valence-electron chi connectivity index (χ3n) is 6.86. The Balaban J connectivity index is 2.26. The minimum Gasteiger partial charge on any atom is -0.490 e. The highest BCUT2D eigenvalue weighted by Gasteiger charge is 2.31. The Kier molecular flexibility index (Phi) is 11.0. The lowest BCUT2D eigenvalue weighted by atomic mass is 9.80. The average molecular weight is 536 g/mol. The van der Waals surface area contributed by atoms with E-state index in [2.05, 4.69) is 58.1 Å². The molecule has 38 heavy (non-hydrogen) atoms. The quantitative estimate of drug-likeness (QED) is 0.292. The number of amides is 1. The molecular formula is C30H49NO7. The Bertz CT molecular complexity index is 928. The predicted molar refractivity (Wildman–Crippen MR) is 148 cm³/mol. The minimum atomic E-state index is -1.03. The number of carbonyl (C=O) groups excluding carboxylic acids is 1. The number of benzene rings is 1. The van der Waals surface area contributed by atoms with Crippen molar-refractivity contribution in [2.24, 2.45) is 17.8 Å². The fraction of sp³-hybridized carbons (Fsp3) is 0.733. The first-order valence-electron chi connectivity index (χ1n) is 13.7. The van der Waals surface area contributed by atoms with Gasteiger partial charge in [0.1, 0.15) is 24.1 Å². The first kappa shape index (κ1) is 31.9. The van der Waals surface area contributed by atoms with E-state index < -0.39 is 35.7 Å². The number of hydrogen-bond acceptors (Lipinski definition) is 6. The number of epoxide rings is 1. The standard InChI is InChI=1S/C30H49NO7/c1-18(2)21(13-20-10-11-23(29(4,5)6)26(14-20)37-17-22-16-36-22)15-24(25(32)12-19(3)27(33)34)31-28(35)38-30(7,8)9/h10-11,14,18-19,21-22,24-25,32H,12-13,15-17H2,1-9H3,(H,31,35)(H,33,34)/t19?,21-,22+,24-,25-/m0/s1. The summed E-state index contributed by atoms with van der Waals surface area (Å²) in [6.07, 6.45) is -0.287. The summed E-state index contributed by atoms with van der Waals surface area (Å²) in [5.41, 5.74) is 1.46. The van der Waals surface area contributed by atoms with Crippen molar-refractivity contribution in [1.29, 1.82) is 0 Å². The predicted octanol–water partition coefficient (Wildman–Crippen LogP) is 5.33. The zero-order valence-electron chi connectivity index (χ0n) is 24.7. The van der Waals surface area contributed by atoms with Gasteiger partial charge in [-0.3, -0.25) is 4.79 Å². The van der Waals surface area contributed by atoms with Gasteiger partial charge in [-0.1, -0.05) is 53.7 Å².